The minimum absolute atomic E-state index is 0.0138. The zero-order chi connectivity index (χ0) is 28.1. The first-order valence-corrected chi connectivity index (χ1v) is 12.9. The normalized spacial score (nSPS) is 11.0. The summed E-state index contributed by atoms with van der Waals surface area (Å²) in [6.45, 7) is 7.86. The van der Waals surface area contributed by atoms with E-state index < -0.39 is 5.97 Å². The fourth-order valence-corrected chi connectivity index (χ4v) is 4.51. The number of rotatable bonds is 10. The highest BCUT2D eigenvalue weighted by molar-refractivity contribution is 6.06. The number of benzene rings is 3. The lowest BCUT2D eigenvalue weighted by atomic mass is 9.92. The molecule has 0 aliphatic carbocycles. The summed E-state index contributed by atoms with van der Waals surface area (Å²) in [4.78, 5) is 16.5. The number of hydrogen-bond donors (Lipinski definition) is 1. The van der Waals surface area contributed by atoms with Crippen molar-refractivity contribution < 1.29 is 28.5 Å². The van der Waals surface area contributed by atoms with Gasteiger partial charge < -0.3 is 28.7 Å². The van der Waals surface area contributed by atoms with Gasteiger partial charge in [0.2, 0.25) is 0 Å². The summed E-state index contributed by atoms with van der Waals surface area (Å²) in [5.41, 5.74) is 5.13. The number of esters is 1. The van der Waals surface area contributed by atoms with Crippen LogP contribution in [0.1, 0.15) is 38.2 Å². The van der Waals surface area contributed by atoms with E-state index in [2.05, 4.69) is 4.98 Å². The van der Waals surface area contributed by atoms with Crippen LogP contribution in [-0.4, -0.2) is 44.5 Å². The van der Waals surface area contributed by atoms with Crippen molar-refractivity contribution in [2.75, 3.05) is 21.3 Å². The molecular weight excluding hydrogens is 494 g/mol. The van der Waals surface area contributed by atoms with Gasteiger partial charge in [-0.15, -0.1) is 0 Å². The highest BCUT2D eigenvalue weighted by atomic mass is 16.5. The lowest BCUT2D eigenvalue weighted by Gasteiger charge is -2.17. The van der Waals surface area contributed by atoms with Gasteiger partial charge in [0, 0.05) is 16.7 Å². The Hall–Kier alpha value is -4.39. The summed E-state index contributed by atoms with van der Waals surface area (Å²) in [6, 6.07) is 21.2. The fourth-order valence-electron chi connectivity index (χ4n) is 4.51. The Balaban J connectivity index is 2.05. The smallest absolute Gasteiger partial charge is 0.355 e. The van der Waals surface area contributed by atoms with Crippen LogP contribution in [0, 0.1) is 0 Å². The predicted octanol–water partition coefficient (Wildman–Crippen LogP) is 7.39. The van der Waals surface area contributed by atoms with Gasteiger partial charge in [0.25, 0.3) is 0 Å². The minimum Gasteiger partial charge on any atom is -0.493 e. The molecule has 0 bridgehead atoms. The van der Waals surface area contributed by atoms with Gasteiger partial charge in [-0.2, -0.15) is 0 Å². The molecular formula is C32H35NO6. The van der Waals surface area contributed by atoms with Crippen LogP contribution in [0.5, 0.6) is 23.0 Å². The van der Waals surface area contributed by atoms with Crippen molar-refractivity contribution >= 4 is 5.97 Å². The number of aromatic nitrogens is 1. The second kappa shape index (κ2) is 12.0. The van der Waals surface area contributed by atoms with Crippen LogP contribution in [0.25, 0.3) is 33.5 Å². The average molecular weight is 530 g/mol. The molecule has 204 valence electrons. The molecule has 7 heteroatoms. The molecule has 1 N–H and O–H groups in total. The molecule has 4 rings (SSSR count). The molecule has 4 aromatic rings. The molecule has 7 nitrogen and oxygen atoms in total. The lowest BCUT2D eigenvalue weighted by Crippen LogP contribution is -2.07. The van der Waals surface area contributed by atoms with Crippen molar-refractivity contribution in [1.29, 1.82) is 0 Å². The molecule has 0 amide bonds. The van der Waals surface area contributed by atoms with Crippen LogP contribution in [0.15, 0.2) is 66.7 Å². The van der Waals surface area contributed by atoms with Crippen molar-refractivity contribution in [3.63, 3.8) is 0 Å². The molecule has 1 heterocycles. The van der Waals surface area contributed by atoms with Gasteiger partial charge in [-0.25, -0.2) is 4.79 Å². The molecule has 1 aromatic heterocycles. The number of hydrogen-bond acceptors (Lipinski definition) is 6. The van der Waals surface area contributed by atoms with Crippen molar-refractivity contribution in [3.8, 4) is 56.5 Å². The predicted molar refractivity (Wildman–Crippen MR) is 153 cm³/mol. The highest BCUT2D eigenvalue weighted by Crippen LogP contribution is 2.46. The molecule has 0 saturated carbocycles. The van der Waals surface area contributed by atoms with Crippen molar-refractivity contribution in [3.05, 3.63) is 72.4 Å². The van der Waals surface area contributed by atoms with Crippen LogP contribution < -0.4 is 18.9 Å². The van der Waals surface area contributed by atoms with Gasteiger partial charge in [-0.3, -0.25) is 0 Å². The number of H-pyrrole nitrogens is 1. The summed E-state index contributed by atoms with van der Waals surface area (Å²) < 4.78 is 28.5. The van der Waals surface area contributed by atoms with Gasteiger partial charge >= 0.3 is 5.97 Å². The second-order valence-corrected chi connectivity index (χ2v) is 9.55. The van der Waals surface area contributed by atoms with Gasteiger partial charge in [0.1, 0.15) is 5.69 Å². The molecule has 0 spiro atoms. The summed E-state index contributed by atoms with van der Waals surface area (Å²) in [5, 5.41) is 0. The topological polar surface area (TPSA) is 79.0 Å². The van der Waals surface area contributed by atoms with E-state index in [1.165, 1.54) is 7.11 Å². The summed E-state index contributed by atoms with van der Waals surface area (Å²) in [5.74, 6) is 1.98. The number of aromatic amines is 1. The lowest BCUT2D eigenvalue weighted by molar-refractivity contribution is 0.0596. The monoisotopic (exact) mass is 529 g/mol. The number of ether oxygens (including phenoxy) is 5. The Morgan fingerprint density at radius 3 is 1.85 bits per heavy atom. The van der Waals surface area contributed by atoms with Gasteiger partial charge in [0.15, 0.2) is 23.0 Å². The molecule has 0 aliphatic heterocycles. The summed E-state index contributed by atoms with van der Waals surface area (Å²) in [7, 11) is 4.60. The molecule has 0 aliphatic rings. The molecule has 0 radical (unpaired) electrons. The van der Waals surface area contributed by atoms with Crippen molar-refractivity contribution in [1.82, 2.24) is 4.98 Å². The maximum atomic E-state index is 13.1. The largest absolute Gasteiger partial charge is 0.493 e. The van der Waals surface area contributed by atoms with Crippen molar-refractivity contribution in [2.45, 2.75) is 39.9 Å². The van der Waals surface area contributed by atoms with Crippen LogP contribution in [-0.2, 0) is 4.74 Å². The Morgan fingerprint density at radius 1 is 0.641 bits per heavy atom. The van der Waals surface area contributed by atoms with E-state index in [0.717, 1.165) is 33.5 Å². The zero-order valence-corrected chi connectivity index (χ0v) is 23.5. The number of carbonyl (C=O) groups is 1. The molecule has 0 atom stereocenters. The fraction of sp³-hybridized carbons (Fsp3) is 0.281. The first-order chi connectivity index (χ1) is 18.8. The summed E-state index contributed by atoms with van der Waals surface area (Å²) >= 11 is 0. The Kier molecular flexibility index (Phi) is 8.49. The number of nitrogens with one attached hydrogen (secondary N) is 1. The average Bonchev–Trinajstić information content (AvgIpc) is 3.33. The van der Waals surface area contributed by atoms with Crippen molar-refractivity contribution in [2.24, 2.45) is 0 Å². The van der Waals surface area contributed by atoms with E-state index in [-0.39, 0.29) is 12.2 Å². The first kappa shape index (κ1) is 27.6. The van der Waals surface area contributed by atoms with Gasteiger partial charge in [-0.1, -0.05) is 36.4 Å². The molecule has 3 aromatic carbocycles. The van der Waals surface area contributed by atoms with Crippen LogP contribution in [0.3, 0.4) is 0 Å². The van der Waals surface area contributed by atoms with E-state index in [1.807, 2.05) is 94.4 Å². The first-order valence-electron chi connectivity index (χ1n) is 12.9. The third-order valence-electron chi connectivity index (χ3n) is 6.08. The quantitative estimate of drug-likeness (QED) is 0.216. The summed E-state index contributed by atoms with van der Waals surface area (Å²) in [6.07, 6.45) is -0.0723. The molecule has 0 unspecified atom stereocenters. The molecule has 0 saturated heterocycles. The third-order valence-corrected chi connectivity index (χ3v) is 6.08. The van der Waals surface area contributed by atoms with E-state index in [1.54, 1.807) is 14.2 Å². The molecule has 39 heavy (non-hydrogen) atoms. The highest BCUT2D eigenvalue weighted by Gasteiger charge is 2.27. The maximum absolute atomic E-state index is 13.1. The SMILES string of the molecule is COC(=O)c1[nH]c(-c2ccc(OC(C)C)c(OC)c2)c(-c2ccc(OC)c(OC(C)C)c2)c1-c1ccccc1. The van der Waals surface area contributed by atoms with E-state index >= 15 is 0 Å². The Bertz CT molecular complexity index is 1440. The third kappa shape index (κ3) is 5.87. The number of carbonyl (C=O) groups excluding carboxylic acids is 1. The van der Waals surface area contributed by atoms with E-state index in [0.29, 0.717) is 28.7 Å². The van der Waals surface area contributed by atoms with Gasteiger partial charge in [-0.05, 0) is 69.2 Å². The van der Waals surface area contributed by atoms with E-state index in [4.69, 9.17) is 23.7 Å². The molecule has 0 fully saturated rings. The van der Waals surface area contributed by atoms with Crippen LogP contribution in [0.2, 0.25) is 0 Å². The Morgan fingerprint density at radius 2 is 1.23 bits per heavy atom. The van der Waals surface area contributed by atoms with Crippen LogP contribution in [0.4, 0.5) is 0 Å². The van der Waals surface area contributed by atoms with E-state index in [9.17, 15) is 4.79 Å². The minimum atomic E-state index is -0.472. The maximum Gasteiger partial charge on any atom is 0.355 e. The standard InChI is InChI=1S/C32H35NO6/c1-19(2)38-25-16-14-23(18-26(25)36-6)30-29(22-13-15-24(35-5)27(17-22)39-20(3)4)28(21-11-9-8-10-12-21)31(33-30)32(34)37-7/h8-20,33H,1-7H3. The van der Waals surface area contributed by atoms with Gasteiger partial charge in [0.05, 0.1) is 39.2 Å². The second-order valence-electron chi connectivity index (χ2n) is 9.55. The number of methoxy groups -OCH3 is 3. The zero-order valence-electron chi connectivity index (χ0n) is 23.5. The van der Waals surface area contributed by atoms with Crippen LogP contribution >= 0.6 is 0 Å². The Labute approximate surface area is 229 Å².